The zero-order chi connectivity index (χ0) is 34.6. The van der Waals surface area contributed by atoms with Gasteiger partial charge in [-0.15, -0.1) is 0 Å². The number of hydrogen-bond donors (Lipinski definition) is 2. The molecule has 266 valence electrons. The van der Waals surface area contributed by atoms with Crippen LogP contribution in [0.1, 0.15) is 96.3 Å². The van der Waals surface area contributed by atoms with Gasteiger partial charge in [0.15, 0.2) is 0 Å². The molecule has 0 radical (unpaired) electrons. The Labute approximate surface area is 295 Å². The zero-order valence-electron chi connectivity index (χ0n) is 29.8. The summed E-state index contributed by atoms with van der Waals surface area (Å²) in [5.74, 6) is 3.42. The van der Waals surface area contributed by atoms with Crippen LogP contribution >= 0.6 is 0 Å². The fourth-order valence-corrected chi connectivity index (χ4v) is 8.32. The molecule has 1 atom stereocenters. The average Bonchev–Trinajstić information content (AvgIpc) is 3.62. The van der Waals surface area contributed by atoms with E-state index >= 15 is 0 Å². The van der Waals surface area contributed by atoms with Gasteiger partial charge in [0.05, 0.1) is 31.7 Å². The second kappa shape index (κ2) is 15.3. The molecule has 0 bridgehead atoms. The number of nitrogens with zero attached hydrogens (tertiary/aromatic N) is 4. The van der Waals surface area contributed by atoms with Gasteiger partial charge in [-0.25, -0.2) is 9.78 Å². The van der Waals surface area contributed by atoms with Gasteiger partial charge < -0.3 is 24.7 Å². The van der Waals surface area contributed by atoms with Gasteiger partial charge in [0, 0.05) is 48.7 Å². The van der Waals surface area contributed by atoms with Crippen LogP contribution in [0.2, 0.25) is 0 Å². The van der Waals surface area contributed by atoms with E-state index < -0.39 is 6.09 Å². The average molecular weight is 681 g/mol. The van der Waals surface area contributed by atoms with Crippen molar-refractivity contribution in [3.05, 3.63) is 77.9 Å². The largest absolute Gasteiger partial charge is 0.501 e. The summed E-state index contributed by atoms with van der Waals surface area (Å²) in [6, 6.07) is 8.98. The van der Waals surface area contributed by atoms with E-state index in [1.165, 1.54) is 18.4 Å². The van der Waals surface area contributed by atoms with Crippen LogP contribution in [0.5, 0.6) is 0 Å². The van der Waals surface area contributed by atoms with Crippen molar-refractivity contribution in [3.63, 3.8) is 0 Å². The molecule has 2 heterocycles. The highest BCUT2D eigenvalue weighted by Gasteiger charge is 2.35. The molecule has 3 fully saturated rings. The predicted molar refractivity (Wildman–Crippen MR) is 193 cm³/mol. The van der Waals surface area contributed by atoms with Gasteiger partial charge in [0.2, 0.25) is 5.91 Å². The third kappa shape index (κ3) is 8.00. The van der Waals surface area contributed by atoms with E-state index in [1.54, 1.807) is 25.1 Å². The Balaban J connectivity index is 1.02. The maximum Gasteiger partial charge on any atom is 0.407 e. The van der Waals surface area contributed by atoms with Crippen LogP contribution in [0.3, 0.4) is 0 Å². The van der Waals surface area contributed by atoms with Gasteiger partial charge in [-0.1, -0.05) is 30.7 Å². The first kappa shape index (κ1) is 34.1. The molecule has 50 heavy (non-hydrogen) atoms. The molecule has 10 nitrogen and oxygen atoms in total. The van der Waals surface area contributed by atoms with Gasteiger partial charge >= 0.3 is 6.09 Å². The van der Waals surface area contributed by atoms with Crippen LogP contribution in [0, 0.1) is 23.7 Å². The van der Waals surface area contributed by atoms with Crippen LogP contribution in [0.15, 0.2) is 72.0 Å². The van der Waals surface area contributed by atoms with Crippen molar-refractivity contribution in [2.24, 2.45) is 23.7 Å². The second-order valence-corrected chi connectivity index (χ2v) is 15.0. The lowest BCUT2D eigenvalue weighted by Gasteiger charge is -2.38. The van der Waals surface area contributed by atoms with E-state index in [2.05, 4.69) is 80.4 Å². The Morgan fingerprint density at radius 2 is 1.84 bits per heavy atom. The van der Waals surface area contributed by atoms with E-state index in [9.17, 15) is 9.59 Å². The predicted octanol–water partition coefficient (Wildman–Crippen LogP) is 8.12. The number of aromatic amines is 1. The fraction of sp³-hybridized carbons (Fsp3) is 0.550. The summed E-state index contributed by atoms with van der Waals surface area (Å²) < 4.78 is 13.4. The van der Waals surface area contributed by atoms with E-state index in [0.29, 0.717) is 61.8 Å². The monoisotopic (exact) mass is 680 g/mol. The topological polar surface area (TPSA) is 114 Å². The summed E-state index contributed by atoms with van der Waals surface area (Å²) >= 11 is 0. The molecular weight excluding hydrogens is 628 g/mol. The number of carbonyl (C=O) groups excluding carboxylic acids is 2. The molecule has 0 aliphatic heterocycles. The molecule has 3 aromatic rings. The Bertz CT molecular complexity index is 1690. The maximum absolute atomic E-state index is 14.5. The van der Waals surface area contributed by atoms with Gasteiger partial charge in [-0.3, -0.25) is 9.48 Å². The molecule has 2 aromatic heterocycles. The number of H-pyrrole nitrogens is 1. The lowest BCUT2D eigenvalue weighted by Crippen LogP contribution is -2.42. The fourth-order valence-electron chi connectivity index (χ4n) is 8.32. The van der Waals surface area contributed by atoms with Crippen molar-refractivity contribution < 1.29 is 19.1 Å². The Morgan fingerprint density at radius 3 is 2.56 bits per heavy atom. The van der Waals surface area contributed by atoms with Crippen LogP contribution < -0.4 is 10.2 Å². The van der Waals surface area contributed by atoms with E-state index in [0.717, 1.165) is 61.2 Å². The number of hydrogen-bond acceptors (Lipinski definition) is 6. The molecular formula is C40H52N6O4. The number of alkyl carbamates (subject to hydrolysis) is 1. The number of amides is 2. The highest BCUT2D eigenvalue weighted by Crippen LogP contribution is 2.42. The number of rotatable bonds is 11. The van der Waals surface area contributed by atoms with E-state index in [1.807, 2.05) is 6.20 Å². The van der Waals surface area contributed by atoms with Crippen molar-refractivity contribution in [1.82, 2.24) is 25.1 Å². The Morgan fingerprint density at radius 1 is 1.04 bits per heavy atom. The molecule has 0 spiro atoms. The number of allylic oxidation sites excluding steroid dienone is 4. The number of ether oxygens (including phenoxy) is 2. The van der Waals surface area contributed by atoms with Crippen LogP contribution in [0.25, 0.3) is 11.1 Å². The van der Waals surface area contributed by atoms with E-state index in [-0.39, 0.29) is 17.9 Å². The first-order chi connectivity index (χ1) is 24.3. The number of nitrogens with one attached hydrogen (secondary N) is 2. The van der Waals surface area contributed by atoms with Gasteiger partial charge in [0.1, 0.15) is 11.9 Å². The lowest BCUT2D eigenvalue weighted by molar-refractivity contribution is -0.124. The lowest BCUT2D eigenvalue weighted by atomic mass is 9.72. The number of benzene rings is 1. The van der Waals surface area contributed by atoms with Crippen molar-refractivity contribution in [2.45, 2.75) is 103 Å². The van der Waals surface area contributed by atoms with Gasteiger partial charge in [-0.2, -0.15) is 5.10 Å². The van der Waals surface area contributed by atoms with Crippen LogP contribution in [0.4, 0.5) is 10.5 Å². The summed E-state index contributed by atoms with van der Waals surface area (Å²) in [5.41, 5.74) is 5.97. The first-order valence-corrected chi connectivity index (χ1v) is 18.7. The molecule has 4 aliphatic carbocycles. The smallest absolute Gasteiger partial charge is 0.407 e. The van der Waals surface area contributed by atoms with E-state index in [4.69, 9.17) is 9.47 Å². The summed E-state index contributed by atoms with van der Waals surface area (Å²) in [6.07, 6.45) is 19.9. The van der Waals surface area contributed by atoms with Gasteiger partial charge in [0.25, 0.3) is 0 Å². The van der Waals surface area contributed by atoms with Crippen molar-refractivity contribution >= 4 is 17.7 Å². The Hall–Kier alpha value is -4.34. The number of carbonyl (C=O) groups is 2. The molecule has 0 saturated heterocycles. The summed E-state index contributed by atoms with van der Waals surface area (Å²) in [4.78, 5) is 36.1. The number of anilines is 1. The maximum atomic E-state index is 14.5. The van der Waals surface area contributed by atoms with Crippen molar-refractivity contribution in [2.75, 3.05) is 18.6 Å². The quantitative estimate of drug-likeness (QED) is 0.212. The summed E-state index contributed by atoms with van der Waals surface area (Å²) in [6.45, 7) is 5.52. The first-order valence-electron chi connectivity index (χ1n) is 18.7. The molecule has 2 amide bonds. The minimum atomic E-state index is -0.445. The third-order valence-electron chi connectivity index (χ3n) is 11.4. The summed E-state index contributed by atoms with van der Waals surface area (Å²) in [7, 11) is 1.78. The molecule has 7 rings (SSSR count). The molecule has 1 aromatic carbocycles. The Kier molecular flexibility index (Phi) is 10.4. The number of aromatic nitrogens is 4. The highest BCUT2D eigenvalue weighted by molar-refractivity contribution is 5.95. The van der Waals surface area contributed by atoms with Crippen molar-refractivity contribution in [1.29, 1.82) is 0 Å². The number of methoxy groups -OCH3 is 1. The molecule has 3 saturated carbocycles. The van der Waals surface area contributed by atoms with Crippen molar-refractivity contribution in [3.8, 4) is 11.1 Å². The standard InChI is InChI=1S/C40H52N6O4/c1-26-20-37(49-3)27(2)19-36(26)29-9-7-28(8-10-29)24-45(34-6-4-5-31(21-34)32-22-44-46(25-32)33-13-14-33)39(47)30-11-15-35(16-12-30)50-40(48)43-23-38-41-17-18-42-38/h4-6,17-19,21-22,25-26,28-30,33,35H,7-16,20,23-24H2,1-3H3,(H,41,42)(H,43,48). The molecule has 4 aliphatic rings. The SMILES string of the molecule is COC1=C(C)C=C(C2CCC(CN(C(=O)C3CCC(OC(=O)NCc4ncc[nH]4)CC3)c3cccc(-c4cnn(C5CC5)c4)c3)CC2)C(C)C1. The molecule has 2 N–H and O–H groups in total. The second-order valence-electron chi connectivity index (χ2n) is 15.0. The highest BCUT2D eigenvalue weighted by atomic mass is 16.6. The number of imidazole rings is 1. The minimum Gasteiger partial charge on any atom is -0.501 e. The molecule has 10 heteroatoms. The molecule has 1 unspecified atom stereocenters. The third-order valence-corrected chi connectivity index (χ3v) is 11.4. The summed E-state index contributed by atoms with van der Waals surface area (Å²) in [5, 5.41) is 7.39. The van der Waals surface area contributed by atoms with Gasteiger partial charge in [-0.05, 0) is 112 Å². The zero-order valence-corrected chi connectivity index (χ0v) is 29.8. The minimum absolute atomic E-state index is 0.100. The van der Waals surface area contributed by atoms with Crippen LogP contribution in [-0.2, 0) is 20.8 Å². The van der Waals surface area contributed by atoms with Crippen LogP contribution in [-0.4, -0.2) is 51.5 Å². The normalized spacial score (nSPS) is 25.5.